The van der Waals surface area contributed by atoms with E-state index >= 15 is 0 Å². The van der Waals surface area contributed by atoms with Gasteiger partial charge >= 0.3 is 0 Å². The molecule has 4 aromatic carbocycles. The lowest BCUT2D eigenvalue weighted by Gasteiger charge is -2.13. The van der Waals surface area contributed by atoms with Gasteiger partial charge in [-0.2, -0.15) is 0 Å². The average molecular weight is 524 g/mol. The van der Waals surface area contributed by atoms with Crippen molar-refractivity contribution in [2.24, 2.45) is 0 Å². The van der Waals surface area contributed by atoms with Crippen molar-refractivity contribution in [2.75, 3.05) is 0 Å². The van der Waals surface area contributed by atoms with Gasteiger partial charge in [-0.1, -0.05) is 60.7 Å². The second-order valence-corrected chi connectivity index (χ2v) is 10.9. The summed E-state index contributed by atoms with van der Waals surface area (Å²) in [6, 6.07) is 34.9. The van der Waals surface area contributed by atoms with Gasteiger partial charge in [-0.15, -0.1) is 0 Å². The Balaban J connectivity index is 1.40. The van der Waals surface area contributed by atoms with Crippen LogP contribution >= 0.6 is 0 Å². The quantitative estimate of drug-likeness (QED) is 0.204. The summed E-state index contributed by atoms with van der Waals surface area (Å²) in [6.07, 6.45) is 6.50. The lowest BCUT2D eigenvalue weighted by Crippen LogP contribution is -1.96. The van der Waals surface area contributed by atoms with Crippen LogP contribution in [0.3, 0.4) is 0 Å². The van der Waals surface area contributed by atoms with E-state index in [2.05, 4.69) is 110 Å². The smallest absolute Gasteiger partial charge is 0.178 e. The molecule has 0 radical (unpaired) electrons. The van der Waals surface area contributed by atoms with Gasteiger partial charge in [0.05, 0.1) is 28.3 Å². The van der Waals surface area contributed by atoms with Crippen molar-refractivity contribution in [1.29, 1.82) is 0 Å². The Morgan fingerprint density at radius 2 is 1.46 bits per heavy atom. The summed E-state index contributed by atoms with van der Waals surface area (Å²) in [4.78, 5) is 14.2. The second-order valence-electron chi connectivity index (χ2n) is 10.9. The first-order chi connectivity index (χ1) is 20.4. The molecule has 0 saturated carbocycles. The maximum atomic E-state index is 5.11. The molecule has 0 spiro atoms. The maximum Gasteiger partial charge on any atom is 0.178 e. The highest BCUT2D eigenvalue weighted by molar-refractivity contribution is 6.20. The molecule has 0 bridgehead atoms. The Morgan fingerprint density at radius 1 is 0.634 bits per heavy atom. The van der Waals surface area contributed by atoms with Crippen LogP contribution in [0.15, 0.2) is 116 Å². The first-order valence-corrected chi connectivity index (χ1v) is 13.9. The fraction of sp³-hybridized carbons (Fsp3) is 0.0278. The lowest BCUT2D eigenvalue weighted by molar-refractivity contribution is 1.18. The molecule has 9 aromatic rings. The number of pyridine rings is 3. The van der Waals surface area contributed by atoms with Crippen molar-refractivity contribution in [3.8, 4) is 16.8 Å². The Bertz CT molecular complexity index is 2550. The number of nitrogens with zero attached hydrogens (tertiary/aromatic N) is 5. The van der Waals surface area contributed by atoms with Crippen molar-refractivity contribution in [3.63, 3.8) is 0 Å². The van der Waals surface area contributed by atoms with Gasteiger partial charge < -0.3 is 4.57 Å². The molecule has 0 N–H and O–H groups in total. The SMILES string of the molecule is c1ccc(-n2c3ccccc3c3ccc4c(c32)-c2ccc3c5ccncc5n5c6cccnc6nc5c3c2C4)cc1. The van der Waals surface area contributed by atoms with E-state index in [-0.39, 0.29) is 0 Å². The second kappa shape index (κ2) is 7.55. The number of benzene rings is 4. The summed E-state index contributed by atoms with van der Waals surface area (Å²) in [5, 5.41) is 6.13. The summed E-state index contributed by atoms with van der Waals surface area (Å²) < 4.78 is 4.69. The molecule has 1 aliphatic carbocycles. The number of fused-ring (bicyclic) bond motifs is 16. The highest BCUT2D eigenvalue weighted by Gasteiger charge is 2.28. The molecule has 5 heteroatoms. The van der Waals surface area contributed by atoms with Crippen molar-refractivity contribution in [3.05, 3.63) is 127 Å². The standard InChI is InChI=1S/C36H21N5/c1-2-7-22(8-3-1)40-29-10-5-4-9-23(29)27-13-12-21-19-28-26(32(21)34(27)40)15-14-25-24-16-18-37-20-31(24)41-30-11-6-17-38-35(30)39-36(41)33(25)28/h1-18,20H,19H2. The van der Waals surface area contributed by atoms with E-state index < -0.39 is 0 Å². The minimum atomic E-state index is 0.755. The number of para-hydroxylation sites is 2. The Kier molecular flexibility index (Phi) is 3.92. The van der Waals surface area contributed by atoms with Crippen LogP contribution in [0, 0.1) is 0 Å². The maximum absolute atomic E-state index is 5.11. The van der Waals surface area contributed by atoms with E-state index in [1.54, 1.807) is 0 Å². The predicted octanol–water partition coefficient (Wildman–Crippen LogP) is 8.25. The molecule has 5 aromatic heterocycles. The van der Waals surface area contributed by atoms with Gasteiger partial charge in [0.25, 0.3) is 0 Å². The molecular formula is C36H21N5. The van der Waals surface area contributed by atoms with Gasteiger partial charge in [-0.05, 0) is 64.9 Å². The van der Waals surface area contributed by atoms with Crippen LogP contribution in [-0.2, 0) is 6.42 Å². The summed E-state index contributed by atoms with van der Waals surface area (Å²) >= 11 is 0. The monoisotopic (exact) mass is 523 g/mol. The Hall–Kier alpha value is -5.55. The third kappa shape index (κ3) is 2.63. The Labute approximate surface area is 234 Å². The zero-order valence-electron chi connectivity index (χ0n) is 21.9. The molecule has 1 aliphatic rings. The molecule has 190 valence electrons. The molecule has 10 rings (SSSR count). The average Bonchev–Trinajstić information content (AvgIpc) is 3.71. The predicted molar refractivity (Wildman–Crippen MR) is 166 cm³/mol. The van der Waals surface area contributed by atoms with E-state index in [0.29, 0.717) is 0 Å². The summed E-state index contributed by atoms with van der Waals surface area (Å²) in [5.74, 6) is 0. The van der Waals surface area contributed by atoms with Gasteiger partial charge in [-0.3, -0.25) is 9.38 Å². The topological polar surface area (TPSA) is 48.0 Å². The van der Waals surface area contributed by atoms with E-state index in [1.807, 2.05) is 24.7 Å². The molecule has 5 heterocycles. The van der Waals surface area contributed by atoms with Gasteiger partial charge in [-0.25, -0.2) is 9.97 Å². The third-order valence-electron chi connectivity index (χ3n) is 8.87. The molecule has 0 fully saturated rings. The fourth-order valence-corrected chi connectivity index (χ4v) is 7.25. The van der Waals surface area contributed by atoms with Crippen molar-refractivity contribution >= 4 is 60.3 Å². The molecule has 0 unspecified atom stereocenters. The zero-order chi connectivity index (χ0) is 26.7. The first-order valence-electron chi connectivity index (χ1n) is 13.9. The molecule has 0 aliphatic heterocycles. The van der Waals surface area contributed by atoms with Crippen LogP contribution in [0.4, 0.5) is 0 Å². The van der Waals surface area contributed by atoms with Crippen LogP contribution in [-0.4, -0.2) is 23.9 Å². The third-order valence-corrected chi connectivity index (χ3v) is 8.87. The van der Waals surface area contributed by atoms with E-state index in [0.717, 1.165) is 28.7 Å². The minimum Gasteiger partial charge on any atom is -0.309 e. The molecule has 0 atom stereocenters. The van der Waals surface area contributed by atoms with Crippen LogP contribution in [0.2, 0.25) is 0 Å². The number of hydrogen-bond acceptors (Lipinski definition) is 3. The largest absolute Gasteiger partial charge is 0.309 e. The van der Waals surface area contributed by atoms with E-state index in [1.165, 1.54) is 65.9 Å². The summed E-state index contributed by atoms with van der Waals surface area (Å²) in [7, 11) is 0. The number of aromatic nitrogens is 5. The molecule has 5 nitrogen and oxygen atoms in total. The highest BCUT2D eigenvalue weighted by atomic mass is 15.1. The first kappa shape index (κ1) is 21.3. The lowest BCUT2D eigenvalue weighted by atomic mass is 9.97. The summed E-state index contributed by atoms with van der Waals surface area (Å²) in [5.41, 5.74) is 12.7. The zero-order valence-corrected chi connectivity index (χ0v) is 21.9. The molecule has 41 heavy (non-hydrogen) atoms. The molecule has 0 amide bonds. The fourth-order valence-electron chi connectivity index (χ4n) is 7.25. The van der Waals surface area contributed by atoms with Gasteiger partial charge in [0, 0.05) is 45.2 Å². The number of rotatable bonds is 1. The normalized spacial score (nSPS) is 12.8. The van der Waals surface area contributed by atoms with E-state index in [9.17, 15) is 0 Å². The van der Waals surface area contributed by atoms with Crippen molar-refractivity contribution < 1.29 is 0 Å². The minimum absolute atomic E-state index is 0.755. The van der Waals surface area contributed by atoms with Crippen LogP contribution < -0.4 is 0 Å². The van der Waals surface area contributed by atoms with Crippen LogP contribution in [0.1, 0.15) is 11.1 Å². The van der Waals surface area contributed by atoms with Gasteiger partial charge in [0.15, 0.2) is 5.65 Å². The summed E-state index contributed by atoms with van der Waals surface area (Å²) in [6.45, 7) is 0. The molecule has 0 saturated heterocycles. The van der Waals surface area contributed by atoms with Crippen LogP contribution in [0.25, 0.3) is 77.1 Å². The molecular weight excluding hydrogens is 502 g/mol. The van der Waals surface area contributed by atoms with Gasteiger partial charge in [0.1, 0.15) is 5.65 Å². The highest BCUT2D eigenvalue weighted by Crippen LogP contribution is 2.48. The van der Waals surface area contributed by atoms with Gasteiger partial charge in [0.2, 0.25) is 0 Å². The number of hydrogen-bond donors (Lipinski definition) is 0. The van der Waals surface area contributed by atoms with Crippen LogP contribution in [0.5, 0.6) is 0 Å². The number of imidazole rings is 1. The Morgan fingerprint density at radius 3 is 2.41 bits per heavy atom. The van der Waals surface area contributed by atoms with Crippen molar-refractivity contribution in [2.45, 2.75) is 6.42 Å². The van der Waals surface area contributed by atoms with E-state index in [4.69, 9.17) is 4.98 Å². The van der Waals surface area contributed by atoms with Crippen molar-refractivity contribution in [1.82, 2.24) is 23.9 Å².